The van der Waals surface area contributed by atoms with E-state index in [0.29, 0.717) is 44.2 Å². The fourth-order valence-electron chi connectivity index (χ4n) is 2.11. The highest BCUT2D eigenvalue weighted by Crippen LogP contribution is 2.31. The van der Waals surface area contributed by atoms with E-state index in [1.807, 2.05) is 0 Å². The number of benzene rings is 1. The minimum atomic E-state index is -3.71. The zero-order valence-electron chi connectivity index (χ0n) is 13.8. The smallest absolute Gasteiger partial charge is 0.240 e. The summed E-state index contributed by atoms with van der Waals surface area (Å²) < 4.78 is 38.0. The SMILES string of the molecule is Cl.NCCCNC(=O)CCNS(=O)(=O)c1ccc2c(c1)OCCCO2. The van der Waals surface area contributed by atoms with Gasteiger partial charge in [-0.1, -0.05) is 0 Å². The number of hydrogen-bond acceptors (Lipinski definition) is 6. The van der Waals surface area contributed by atoms with Crippen LogP contribution in [0, 0.1) is 0 Å². The summed E-state index contributed by atoms with van der Waals surface area (Å²) in [6, 6.07) is 4.47. The molecule has 0 aromatic heterocycles. The second-order valence-corrected chi connectivity index (χ2v) is 7.07. The molecular formula is C15H24ClN3O5S. The van der Waals surface area contributed by atoms with Crippen LogP contribution in [-0.4, -0.2) is 47.2 Å². The van der Waals surface area contributed by atoms with Crippen LogP contribution in [0.2, 0.25) is 0 Å². The van der Waals surface area contributed by atoms with Gasteiger partial charge in [-0.15, -0.1) is 12.4 Å². The van der Waals surface area contributed by atoms with Crippen molar-refractivity contribution in [2.24, 2.45) is 5.73 Å². The molecule has 1 aliphatic heterocycles. The molecular weight excluding hydrogens is 370 g/mol. The number of rotatable bonds is 8. The number of hydrogen-bond donors (Lipinski definition) is 3. The van der Waals surface area contributed by atoms with Gasteiger partial charge >= 0.3 is 0 Å². The Labute approximate surface area is 153 Å². The van der Waals surface area contributed by atoms with Gasteiger partial charge in [0.2, 0.25) is 15.9 Å². The third-order valence-electron chi connectivity index (χ3n) is 3.38. The van der Waals surface area contributed by atoms with Crippen LogP contribution >= 0.6 is 12.4 Å². The maximum absolute atomic E-state index is 12.3. The van der Waals surface area contributed by atoms with Crippen LogP contribution in [0.4, 0.5) is 0 Å². The minimum absolute atomic E-state index is 0. The number of nitrogens with one attached hydrogen (secondary N) is 2. The minimum Gasteiger partial charge on any atom is -0.490 e. The van der Waals surface area contributed by atoms with Crippen LogP contribution < -0.4 is 25.2 Å². The Morgan fingerprint density at radius 2 is 1.88 bits per heavy atom. The van der Waals surface area contributed by atoms with Gasteiger partial charge in [0.05, 0.1) is 18.1 Å². The van der Waals surface area contributed by atoms with Gasteiger partial charge in [0.25, 0.3) is 0 Å². The number of halogens is 1. The highest BCUT2D eigenvalue weighted by atomic mass is 35.5. The van der Waals surface area contributed by atoms with Crippen molar-refractivity contribution < 1.29 is 22.7 Å². The first-order valence-corrected chi connectivity index (χ1v) is 9.37. The van der Waals surface area contributed by atoms with E-state index < -0.39 is 10.0 Å². The van der Waals surface area contributed by atoms with Crippen LogP contribution in [0.5, 0.6) is 11.5 Å². The average Bonchev–Trinajstić information content (AvgIpc) is 2.79. The van der Waals surface area contributed by atoms with E-state index in [-0.39, 0.29) is 36.2 Å². The number of ether oxygens (including phenoxy) is 2. The maximum atomic E-state index is 12.3. The van der Waals surface area contributed by atoms with E-state index in [9.17, 15) is 13.2 Å². The highest BCUT2D eigenvalue weighted by Gasteiger charge is 2.18. The van der Waals surface area contributed by atoms with Gasteiger partial charge in [-0.05, 0) is 25.1 Å². The molecule has 142 valence electrons. The molecule has 4 N–H and O–H groups in total. The van der Waals surface area contributed by atoms with Crippen molar-refractivity contribution in [1.29, 1.82) is 0 Å². The quantitative estimate of drug-likeness (QED) is 0.550. The second-order valence-electron chi connectivity index (χ2n) is 5.30. The second kappa shape index (κ2) is 10.4. The molecule has 0 aliphatic carbocycles. The van der Waals surface area contributed by atoms with E-state index >= 15 is 0 Å². The highest BCUT2D eigenvalue weighted by molar-refractivity contribution is 7.89. The van der Waals surface area contributed by atoms with Crippen LogP contribution in [0.3, 0.4) is 0 Å². The van der Waals surface area contributed by atoms with Crippen LogP contribution in [0.15, 0.2) is 23.1 Å². The first-order valence-electron chi connectivity index (χ1n) is 7.89. The summed E-state index contributed by atoms with van der Waals surface area (Å²) in [6.07, 6.45) is 1.50. The monoisotopic (exact) mass is 393 g/mol. The Bertz CT molecular complexity index is 669. The Morgan fingerprint density at radius 1 is 1.16 bits per heavy atom. The molecule has 10 heteroatoms. The first-order chi connectivity index (χ1) is 11.5. The van der Waals surface area contributed by atoms with Crippen molar-refractivity contribution in [2.45, 2.75) is 24.2 Å². The molecule has 0 bridgehead atoms. The van der Waals surface area contributed by atoms with Crippen LogP contribution in [0.1, 0.15) is 19.3 Å². The summed E-state index contributed by atoms with van der Waals surface area (Å²) in [7, 11) is -3.71. The molecule has 1 aliphatic rings. The predicted molar refractivity (Wildman–Crippen MR) is 95.8 cm³/mol. The van der Waals surface area contributed by atoms with Crippen molar-refractivity contribution in [1.82, 2.24) is 10.0 Å². The molecule has 2 rings (SSSR count). The molecule has 1 aromatic carbocycles. The van der Waals surface area contributed by atoms with Gasteiger partial charge in [-0.3, -0.25) is 4.79 Å². The van der Waals surface area contributed by atoms with Crippen molar-refractivity contribution >= 4 is 28.3 Å². The largest absolute Gasteiger partial charge is 0.490 e. The molecule has 0 atom stereocenters. The summed E-state index contributed by atoms with van der Waals surface area (Å²) in [4.78, 5) is 11.6. The van der Waals surface area contributed by atoms with E-state index in [1.165, 1.54) is 12.1 Å². The Hall–Kier alpha value is -1.55. The third kappa shape index (κ3) is 6.69. The zero-order chi connectivity index (χ0) is 17.4. The van der Waals surface area contributed by atoms with Crippen LogP contribution in [-0.2, 0) is 14.8 Å². The third-order valence-corrected chi connectivity index (χ3v) is 4.84. The molecule has 0 fully saturated rings. The molecule has 1 amide bonds. The fraction of sp³-hybridized carbons (Fsp3) is 0.533. The lowest BCUT2D eigenvalue weighted by atomic mass is 10.3. The number of amides is 1. The molecule has 0 radical (unpaired) electrons. The maximum Gasteiger partial charge on any atom is 0.240 e. The zero-order valence-corrected chi connectivity index (χ0v) is 15.5. The van der Waals surface area contributed by atoms with Gasteiger partial charge in [0.15, 0.2) is 11.5 Å². The Morgan fingerprint density at radius 3 is 2.60 bits per heavy atom. The molecule has 0 spiro atoms. The normalized spacial score (nSPS) is 13.5. The molecule has 8 nitrogen and oxygen atoms in total. The first kappa shape index (κ1) is 21.5. The van der Waals surface area contributed by atoms with Gasteiger partial charge in [0, 0.05) is 32.0 Å². The lowest BCUT2D eigenvalue weighted by Gasteiger charge is -2.11. The average molecular weight is 394 g/mol. The number of carbonyl (C=O) groups excluding carboxylic acids is 1. The lowest BCUT2D eigenvalue weighted by Crippen LogP contribution is -2.31. The van der Waals surface area contributed by atoms with Gasteiger partial charge in [-0.25, -0.2) is 13.1 Å². The summed E-state index contributed by atoms with van der Waals surface area (Å²) in [5.74, 6) is 0.727. The number of fused-ring (bicyclic) bond motifs is 1. The summed E-state index contributed by atoms with van der Waals surface area (Å²) in [5, 5.41) is 2.67. The summed E-state index contributed by atoms with van der Waals surface area (Å²) in [5.41, 5.74) is 5.33. The molecule has 0 saturated heterocycles. The molecule has 0 unspecified atom stereocenters. The standard InChI is InChI=1S/C15H23N3O5S.ClH/c16-6-1-7-17-15(19)5-8-18-24(20,21)12-3-4-13-14(11-12)23-10-2-9-22-13;/h3-4,11,18H,1-2,5-10,16H2,(H,17,19);1H. The Kier molecular flexibility index (Phi) is 8.98. The van der Waals surface area contributed by atoms with Crippen molar-refractivity contribution in [3.63, 3.8) is 0 Å². The molecule has 0 saturated carbocycles. The lowest BCUT2D eigenvalue weighted by molar-refractivity contribution is -0.120. The van der Waals surface area contributed by atoms with Gasteiger partial charge in [0.1, 0.15) is 0 Å². The summed E-state index contributed by atoms with van der Waals surface area (Å²) >= 11 is 0. The van der Waals surface area contributed by atoms with Crippen molar-refractivity contribution in [3.05, 3.63) is 18.2 Å². The van der Waals surface area contributed by atoms with Crippen LogP contribution in [0.25, 0.3) is 0 Å². The predicted octanol–water partition coefficient (Wildman–Crippen LogP) is 0.403. The van der Waals surface area contributed by atoms with Crippen molar-refractivity contribution in [2.75, 3.05) is 32.8 Å². The van der Waals surface area contributed by atoms with E-state index in [2.05, 4.69) is 10.0 Å². The topological polar surface area (TPSA) is 120 Å². The summed E-state index contributed by atoms with van der Waals surface area (Å²) in [6.45, 7) is 2.02. The van der Waals surface area contributed by atoms with E-state index in [0.717, 1.165) is 6.42 Å². The number of carbonyl (C=O) groups is 1. The number of nitrogens with two attached hydrogens (primary N) is 1. The van der Waals surface area contributed by atoms with E-state index in [1.54, 1.807) is 6.07 Å². The molecule has 1 aromatic rings. The van der Waals surface area contributed by atoms with Gasteiger partial charge in [-0.2, -0.15) is 0 Å². The van der Waals surface area contributed by atoms with Crippen molar-refractivity contribution in [3.8, 4) is 11.5 Å². The Balaban J connectivity index is 0.00000312. The van der Waals surface area contributed by atoms with E-state index in [4.69, 9.17) is 15.2 Å². The number of sulfonamides is 1. The molecule has 1 heterocycles. The van der Waals surface area contributed by atoms with Gasteiger partial charge < -0.3 is 20.5 Å². The molecule has 25 heavy (non-hydrogen) atoms. The fourth-order valence-corrected chi connectivity index (χ4v) is 3.16.